The number of aromatic hydroxyl groups is 1. The van der Waals surface area contributed by atoms with Crippen molar-refractivity contribution in [2.75, 3.05) is 5.73 Å². The highest BCUT2D eigenvalue weighted by atomic mass is 16.3. The van der Waals surface area contributed by atoms with Crippen LogP contribution < -0.4 is 10.8 Å². The summed E-state index contributed by atoms with van der Waals surface area (Å²) in [6.45, 7) is 0. The molecule has 0 aliphatic carbocycles. The second-order valence-electron chi connectivity index (χ2n) is 1.76. The standard InChI is InChI=1S/C6H7NO2/c7-4-1-5(8)3-6(9)2-4/h1-3,8-9H,7H2/p-1. The van der Waals surface area contributed by atoms with Gasteiger partial charge in [-0.2, -0.15) is 0 Å². The summed E-state index contributed by atoms with van der Waals surface area (Å²) in [5.74, 6) is -0.354. The highest BCUT2D eigenvalue weighted by Crippen LogP contribution is 2.18. The van der Waals surface area contributed by atoms with E-state index < -0.39 is 0 Å². The Balaban J connectivity index is 3.17. The summed E-state index contributed by atoms with van der Waals surface area (Å²) in [4.78, 5) is 0. The van der Waals surface area contributed by atoms with Crippen LogP contribution in [0.3, 0.4) is 0 Å². The van der Waals surface area contributed by atoms with Crippen molar-refractivity contribution in [1.82, 2.24) is 0 Å². The Morgan fingerprint density at radius 1 is 1.33 bits per heavy atom. The maximum absolute atomic E-state index is 10.5. The summed E-state index contributed by atoms with van der Waals surface area (Å²) in [6, 6.07) is 3.68. The molecule has 0 saturated carbocycles. The van der Waals surface area contributed by atoms with E-state index in [2.05, 4.69) is 0 Å². The topological polar surface area (TPSA) is 69.3 Å². The van der Waals surface area contributed by atoms with Crippen LogP contribution in [0.4, 0.5) is 5.69 Å². The first-order valence-corrected chi connectivity index (χ1v) is 2.45. The Morgan fingerprint density at radius 2 is 2.00 bits per heavy atom. The molecule has 0 heterocycles. The number of rotatable bonds is 0. The van der Waals surface area contributed by atoms with Crippen LogP contribution >= 0.6 is 0 Å². The molecule has 1 aromatic carbocycles. The second kappa shape index (κ2) is 1.85. The molecule has 0 fully saturated rings. The van der Waals surface area contributed by atoms with Crippen molar-refractivity contribution in [1.29, 1.82) is 0 Å². The van der Waals surface area contributed by atoms with Gasteiger partial charge in [-0.05, 0) is 12.1 Å². The molecule has 3 nitrogen and oxygen atoms in total. The SMILES string of the molecule is Nc1cc([O-])cc(O)c1. The van der Waals surface area contributed by atoms with Gasteiger partial charge in [-0.15, -0.1) is 5.75 Å². The number of hydrogen-bond acceptors (Lipinski definition) is 3. The zero-order valence-electron chi connectivity index (χ0n) is 4.66. The van der Waals surface area contributed by atoms with E-state index in [1.54, 1.807) is 0 Å². The Labute approximate surface area is 52.4 Å². The van der Waals surface area contributed by atoms with Gasteiger partial charge in [0.05, 0.1) is 0 Å². The molecule has 0 saturated heterocycles. The van der Waals surface area contributed by atoms with Crippen LogP contribution in [0.1, 0.15) is 0 Å². The molecule has 0 aliphatic heterocycles. The van der Waals surface area contributed by atoms with Crippen molar-refractivity contribution in [3.05, 3.63) is 18.2 Å². The average Bonchev–Trinajstić information content (AvgIpc) is 1.59. The molecule has 9 heavy (non-hydrogen) atoms. The van der Waals surface area contributed by atoms with Crippen LogP contribution in [-0.2, 0) is 0 Å². The summed E-state index contributed by atoms with van der Waals surface area (Å²) in [6.07, 6.45) is 0. The van der Waals surface area contributed by atoms with Crippen molar-refractivity contribution in [2.45, 2.75) is 0 Å². The van der Waals surface area contributed by atoms with Crippen molar-refractivity contribution in [3.63, 3.8) is 0 Å². The Bertz CT molecular complexity index is 172. The number of phenolic OH excluding ortho intramolecular Hbond substituents is 1. The van der Waals surface area contributed by atoms with E-state index in [1.807, 2.05) is 0 Å². The first kappa shape index (κ1) is 5.75. The van der Waals surface area contributed by atoms with Crippen LogP contribution in [0.2, 0.25) is 0 Å². The van der Waals surface area contributed by atoms with Crippen molar-refractivity contribution in [3.8, 4) is 11.5 Å². The Kier molecular flexibility index (Phi) is 1.18. The van der Waals surface area contributed by atoms with E-state index in [9.17, 15) is 5.11 Å². The van der Waals surface area contributed by atoms with Crippen molar-refractivity contribution in [2.24, 2.45) is 0 Å². The van der Waals surface area contributed by atoms with Gasteiger partial charge in [0.15, 0.2) is 0 Å². The minimum atomic E-state index is -0.271. The summed E-state index contributed by atoms with van der Waals surface area (Å²) in [5, 5.41) is 19.2. The monoisotopic (exact) mass is 124 g/mol. The lowest BCUT2D eigenvalue weighted by Crippen LogP contribution is -1.91. The van der Waals surface area contributed by atoms with Gasteiger partial charge in [0, 0.05) is 11.8 Å². The third-order valence-corrected chi connectivity index (χ3v) is 0.914. The van der Waals surface area contributed by atoms with E-state index in [-0.39, 0.29) is 11.5 Å². The minimum Gasteiger partial charge on any atom is -0.872 e. The molecule has 0 bridgehead atoms. The Morgan fingerprint density at radius 3 is 2.44 bits per heavy atom. The van der Waals surface area contributed by atoms with Crippen molar-refractivity contribution < 1.29 is 10.2 Å². The molecular formula is C6H6NO2-. The van der Waals surface area contributed by atoms with Gasteiger partial charge in [0.25, 0.3) is 0 Å². The zero-order valence-corrected chi connectivity index (χ0v) is 4.66. The first-order valence-electron chi connectivity index (χ1n) is 2.45. The fourth-order valence-electron chi connectivity index (χ4n) is 0.606. The number of phenols is 1. The zero-order chi connectivity index (χ0) is 6.85. The molecule has 3 heteroatoms. The quantitative estimate of drug-likeness (QED) is 0.480. The van der Waals surface area contributed by atoms with Gasteiger partial charge in [-0.25, -0.2) is 0 Å². The highest BCUT2D eigenvalue weighted by Gasteiger charge is 1.86. The minimum absolute atomic E-state index is 0.0833. The molecule has 3 N–H and O–H groups in total. The van der Waals surface area contributed by atoms with E-state index in [0.29, 0.717) is 5.69 Å². The third-order valence-electron chi connectivity index (χ3n) is 0.914. The summed E-state index contributed by atoms with van der Waals surface area (Å²) in [5.41, 5.74) is 5.49. The van der Waals surface area contributed by atoms with Crippen LogP contribution in [0, 0.1) is 0 Å². The van der Waals surface area contributed by atoms with E-state index in [1.165, 1.54) is 12.1 Å². The molecular weight excluding hydrogens is 118 g/mol. The van der Waals surface area contributed by atoms with E-state index >= 15 is 0 Å². The molecule has 1 rings (SSSR count). The molecule has 0 spiro atoms. The second-order valence-corrected chi connectivity index (χ2v) is 1.76. The Hall–Kier alpha value is -1.38. The number of nitrogen functional groups attached to an aromatic ring is 1. The lowest BCUT2D eigenvalue weighted by atomic mass is 10.3. The summed E-state index contributed by atoms with van der Waals surface area (Å²) >= 11 is 0. The van der Waals surface area contributed by atoms with Crippen LogP contribution in [0.25, 0.3) is 0 Å². The molecule has 0 aliphatic rings. The molecule has 0 unspecified atom stereocenters. The summed E-state index contributed by atoms with van der Waals surface area (Å²) < 4.78 is 0. The molecule has 0 amide bonds. The third kappa shape index (κ3) is 1.25. The molecule has 0 atom stereocenters. The summed E-state index contributed by atoms with van der Waals surface area (Å²) in [7, 11) is 0. The van der Waals surface area contributed by atoms with E-state index in [0.717, 1.165) is 6.07 Å². The lowest BCUT2D eigenvalue weighted by molar-refractivity contribution is -0.268. The fraction of sp³-hybridized carbons (Fsp3) is 0. The molecule has 48 valence electrons. The van der Waals surface area contributed by atoms with Gasteiger partial charge in [-0.1, -0.05) is 0 Å². The highest BCUT2D eigenvalue weighted by molar-refractivity contribution is 5.48. The van der Waals surface area contributed by atoms with Crippen LogP contribution in [-0.4, -0.2) is 5.11 Å². The average molecular weight is 124 g/mol. The fourth-order valence-corrected chi connectivity index (χ4v) is 0.606. The number of benzene rings is 1. The van der Waals surface area contributed by atoms with Crippen LogP contribution in [0.15, 0.2) is 18.2 Å². The number of anilines is 1. The first-order chi connectivity index (χ1) is 4.18. The maximum atomic E-state index is 10.5. The van der Waals surface area contributed by atoms with Gasteiger partial charge >= 0.3 is 0 Å². The smallest absolute Gasteiger partial charge is 0.117 e. The van der Waals surface area contributed by atoms with E-state index in [4.69, 9.17) is 10.8 Å². The van der Waals surface area contributed by atoms with Crippen LogP contribution in [0.5, 0.6) is 11.5 Å². The predicted molar refractivity (Wildman–Crippen MR) is 32.0 cm³/mol. The van der Waals surface area contributed by atoms with Gasteiger partial charge in [0.1, 0.15) is 5.75 Å². The van der Waals surface area contributed by atoms with Gasteiger partial charge in [0.2, 0.25) is 0 Å². The molecule has 0 radical (unpaired) electrons. The van der Waals surface area contributed by atoms with Gasteiger partial charge in [-0.3, -0.25) is 0 Å². The largest absolute Gasteiger partial charge is 0.872 e. The van der Waals surface area contributed by atoms with Crippen molar-refractivity contribution >= 4 is 5.69 Å². The number of nitrogens with two attached hydrogens (primary N) is 1. The number of hydrogen-bond donors (Lipinski definition) is 2. The maximum Gasteiger partial charge on any atom is 0.117 e. The van der Waals surface area contributed by atoms with Gasteiger partial charge < -0.3 is 15.9 Å². The molecule has 1 aromatic rings. The lowest BCUT2D eigenvalue weighted by Gasteiger charge is -2.05. The normalized spacial score (nSPS) is 9.33. The molecule has 0 aromatic heterocycles. The predicted octanol–water partition coefficient (Wildman–Crippen LogP) is 0.0480.